The van der Waals surface area contributed by atoms with Gasteiger partial charge in [0.1, 0.15) is 30.1 Å². The predicted octanol–water partition coefficient (Wildman–Crippen LogP) is 5.11. The number of carboxylic acids is 1. The minimum Gasteiger partial charge on any atom is -0.481 e. The number of nitrogens with zero attached hydrogens (tertiary/aromatic N) is 4. The van der Waals surface area contributed by atoms with Gasteiger partial charge in [-0.1, -0.05) is 37.3 Å². The lowest BCUT2D eigenvalue weighted by molar-refractivity contribution is -0.146. The summed E-state index contributed by atoms with van der Waals surface area (Å²) in [7, 11) is 0. The van der Waals surface area contributed by atoms with Crippen molar-refractivity contribution in [2.45, 2.75) is 42.1 Å². The Morgan fingerprint density at radius 1 is 1.22 bits per heavy atom. The van der Waals surface area contributed by atoms with Crippen LogP contribution in [0.15, 0.2) is 67.3 Å². The van der Waals surface area contributed by atoms with Crippen molar-refractivity contribution in [3.8, 4) is 6.07 Å². The molecule has 8 nitrogen and oxygen atoms in total. The largest absolute Gasteiger partial charge is 0.481 e. The Kier molecular flexibility index (Phi) is 9.99. The maximum atomic E-state index is 15.1. The molecule has 0 unspecified atom stereocenters. The standard InChI is InChI=1S/C29H27F3N4O4S/c1-19(29(12-27(37)38,16-36-18-34-17-35-36)24-9-8-22(30)11-26(24)32)41-23-14-39-28(40-15-23)5-3-2-4-21-7-6-20(13-33)10-25(21)31/h2-11,17-19,23,28H,12,14-16H2,1H3,(H,37,38)/b4-2+,5-3+/t19-,23-,28-,29-/m1/s1. The third-order valence-electron chi connectivity index (χ3n) is 6.70. The van der Waals surface area contributed by atoms with Gasteiger partial charge < -0.3 is 14.6 Å². The Labute approximate surface area is 239 Å². The Morgan fingerprint density at radius 3 is 2.63 bits per heavy atom. The average molecular weight is 585 g/mol. The molecule has 1 aliphatic heterocycles. The Bertz CT molecular complexity index is 1450. The number of thioether (sulfide) groups is 1. The zero-order valence-corrected chi connectivity index (χ0v) is 22.8. The van der Waals surface area contributed by atoms with Gasteiger partial charge >= 0.3 is 5.97 Å². The molecule has 0 saturated carbocycles. The molecule has 0 radical (unpaired) electrons. The van der Waals surface area contributed by atoms with Crippen LogP contribution >= 0.6 is 11.8 Å². The Hall–Kier alpha value is -3.92. The van der Waals surface area contributed by atoms with Gasteiger partial charge in [-0.3, -0.25) is 9.48 Å². The van der Waals surface area contributed by atoms with Crippen molar-refractivity contribution in [1.29, 1.82) is 5.26 Å². The highest BCUT2D eigenvalue weighted by molar-refractivity contribution is 8.00. The Morgan fingerprint density at radius 2 is 2.00 bits per heavy atom. The third-order valence-corrected chi connectivity index (χ3v) is 8.21. The summed E-state index contributed by atoms with van der Waals surface area (Å²) in [6, 6.07) is 9.24. The molecule has 3 aromatic rings. The Balaban J connectivity index is 1.44. The fourth-order valence-electron chi connectivity index (χ4n) is 4.65. The van der Waals surface area contributed by atoms with Crippen LogP contribution in [0.25, 0.3) is 6.08 Å². The first-order chi connectivity index (χ1) is 19.7. The number of aliphatic carboxylic acids is 1. The predicted molar refractivity (Wildman–Crippen MR) is 146 cm³/mol. The second-order valence-corrected chi connectivity index (χ2v) is 11.1. The zero-order chi connectivity index (χ0) is 29.4. The number of benzene rings is 2. The van der Waals surface area contributed by atoms with Crippen LogP contribution in [0.3, 0.4) is 0 Å². The molecule has 2 aromatic carbocycles. The van der Waals surface area contributed by atoms with Crippen LogP contribution in [-0.2, 0) is 26.2 Å². The van der Waals surface area contributed by atoms with E-state index in [1.165, 1.54) is 47.3 Å². The number of halogens is 3. The van der Waals surface area contributed by atoms with Crippen LogP contribution < -0.4 is 0 Å². The lowest BCUT2D eigenvalue weighted by atomic mass is 9.74. The van der Waals surface area contributed by atoms with E-state index < -0.39 is 46.8 Å². The minimum absolute atomic E-state index is 0.00197. The molecule has 2 heterocycles. The lowest BCUT2D eigenvalue weighted by Crippen LogP contribution is -2.45. The van der Waals surface area contributed by atoms with Gasteiger partial charge in [-0.05, 0) is 29.8 Å². The fourth-order valence-corrected chi connectivity index (χ4v) is 6.09. The highest BCUT2D eigenvalue weighted by atomic mass is 32.2. The summed E-state index contributed by atoms with van der Waals surface area (Å²) in [6.07, 6.45) is 8.15. The van der Waals surface area contributed by atoms with Gasteiger partial charge in [0.25, 0.3) is 0 Å². The number of rotatable bonds is 11. The summed E-state index contributed by atoms with van der Waals surface area (Å²) in [5.41, 5.74) is -0.662. The molecule has 1 aliphatic rings. The van der Waals surface area contributed by atoms with E-state index in [9.17, 15) is 18.7 Å². The quantitative estimate of drug-likeness (QED) is 0.310. The first-order valence-corrected chi connectivity index (χ1v) is 13.6. The first-order valence-electron chi connectivity index (χ1n) is 12.6. The topological polar surface area (TPSA) is 110 Å². The van der Waals surface area contributed by atoms with Gasteiger partial charge in [-0.25, -0.2) is 18.2 Å². The van der Waals surface area contributed by atoms with E-state index in [4.69, 9.17) is 14.7 Å². The smallest absolute Gasteiger partial charge is 0.304 e. The molecule has 0 amide bonds. The molecule has 2 atom stereocenters. The third kappa shape index (κ3) is 7.64. The number of allylic oxidation sites excluding steroid dienone is 2. The second kappa shape index (κ2) is 13.6. The molecule has 0 bridgehead atoms. The number of carbonyl (C=O) groups is 1. The van der Waals surface area contributed by atoms with E-state index in [1.54, 1.807) is 31.2 Å². The van der Waals surface area contributed by atoms with Crippen LogP contribution in [-0.4, -0.2) is 55.8 Å². The summed E-state index contributed by atoms with van der Waals surface area (Å²) in [5.74, 6) is -3.25. The number of hydrogen-bond acceptors (Lipinski definition) is 7. The van der Waals surface area contributed by atoms with Crippen LogP contribution in [0.4, 0.5) is 13.2 Å². The molecule has 1 fully saturated rings. The van der Waals surface area contributed by atoms with Crippen molar-refractivity contribution in [3.05, 3.63) is 101 Å². The SMILES string of the molecule is C[C@@H](S[C@H]1CO[C@H](/C=C/C=C/c2ccc(C#N)cc2F)OC1)[C@@](CC(=O)O)(Cn1cncn1)c1ccc(F)cc1F. The maximum Gasteiger partial charge on any atom is 0.304 e. The van der Waals surface area contributed by atoms with E-state index >= 15 is 4.39 Å². The van der Waals surface area contributed by atoms with E-state index in [0.29, 0.717) is 5.56 Å². The number of carboxylic acid groups (broad SMARTS) is 1. The number of nitriles is 1. The number of ether oxygens (including phenoxy) is 2. The number of aromatic nitrogens is 3. The van der Waals surface area contributed by atoms with Crippen LogP contribution in [0, 0.1) is 28.8 Å². The van der Waals surface area contributed by atoms with E-state index in [-0.39, 0.29) is 36.1 Å². The van der Waals surface area contributed by atoms with Gasteiger partial charge in [-0.15, -0.1) is 11.8 Å². The van der Waals surface area contributed by atoms with Crippen molar-refractivity contribution < 1.29 is 32.5 Å². The molecular formula is C29H27F3N4O4S. The molecule has 12 heteroatoms. The maximum absolute atomic E-state index is 15.1. The molecule has 0 aliphatic carbocycles. The molecular weight excluding hydrogens is 557 g/mol. The molecule has 41 heavy (non-hydrogen) atoms. The van der Waals surface area contributed by atoms with Crippen LogP contribution in [0.2, 0.25) is 0 Å². The summed E-state index contributed by atoms with van der Waals surface area (Å²) < 4.78 is 56.0. The molecule has 1 aromatic heterocycles. The zero-order valence-electron chi connectivity index (χ0n) is 22.0. The van der Waals surface area contributed by atoms with Gasteiger partial charge in [0, 0.05) is 22.3 Å². The van der Waals surface area contributed by atoms with Crippen molar-refractivity contribution in [3.63, 3.8) is 0 Å². The van der Waals surface area contributed by atoms with Crippen LogP contribution in [0.1, 0.15) is 30.0 Å². The molecule has 1 N–H and O–H groups in total. The second-order valence-electron chi connectivity index (χ2n) is 9.47. The average Bonchev–Trinajstić information content (AvgIpc) is 3.45. The van der Waals surface area contributed by atoms with Crippen molar-refractivity contribution in [2.75, 3.05) is 13.2 Å². The summed E-state index contributed by atoms with van der Waals surface area (Å²) >= 11 is 1.39. The first kappa shape index (κ1) is 30.0. The van der Waals surface area contributed by atoms with Gasteiger partial charge in [0.15, 0.2) is 6.29 Å². The van der Waals surface area contributed by atoms with Gasteiger partial charge in [0.2, 0.25) is 0 Å². The summed E-state index contributed by atoms with van der Waals surface area (Å²) in [6.45, 7) is 2.35. The monoisotopic (exact) mass is 584 g/mol. The molecule has 1 saturated heterocycles. The lowest BCUT2D eigenvalue weighted by Gasteiger charge is -2.40. The highest BCUT2D eigenvalue weighted by Gasteiger charge is 2.44. The minimum atomic E-state index is -1.30. The van der Waals surface area contributed by atoms with E-state index in [0.717, 1.165) is 18.2 Å². The van der Waals surface area contributed by atoms with Gasteiger partial charge in [0.05, 0.1) is 43.1 Å². The van der Waals surface area contributed by atoms with Gasteiger partial charge in [-0.2, -0.15) is 10.4 Å². The van der Waals surface area contributed by atoms with E-state index in [1.807, 2.05) is 6.07 Å². The van der Waals surface area contributed by atoms with Crippen molar-refractivity contribution in [2.24, 2.45) is 0 Å². The summed E-state index contributed by atoms with van der Waals surface area (Å²) in [4.78, 5) is 16.0. The normalized spacial score (nSPS) is 19.7. The molecule has 214 valence electrons. The fraction of sp³-hybridized carbons (Fsp3) is 0.310. The highest BCUT2D eigenvalue weighted by Crippen LogP contribution is 2.43. The van der Waals surface area contributed by atoms with Crippen molar-refractivity contribution in [1.82, 2.24) is 14.8 Å². The van der Waals surface area contributed by atoms with E-state index in [2.05, 4.69) is 10.1 Å². The molecule has 0 spiro atoms. The summed E-state index contributed by atoms with van der Waals surface area (Å²) in [5, 5.41) is 22.1. The van der Waals surface area contributed by atoms with Crippen LogP contribution in [0.5, 0.6) is 0 Å². The number of hydrogen-bond donors (Lipinski definition) is 1. The molecule has 4 rings (SSSR count). The van der Waals surface area contributed by atoms with Crippen molar-refractivity contribution >= 4 is 23.8 Å².